The molecule has 0 aromatic carbocycles. The number of halogens is 1. The number of nitrogens with one attached hydrogen (secondary N) is 2. The molecule has 6 nitrogen and oxygen atoms in total. The fourth-order valence-electron chi connectivity index (χ4n) is 1.67. The number of amides is 1. The van der Waals surface area contributed by atoms with Gasteiger partial charge in [0, 0.05) is 25.5 Å². The Morgan fingerprint density at radius 3 is 2.57 bits per heavy atom. The van der Waals surface area contributed by atoms with E-state index < -0.39 is 0 Å². The van der Waals surface area contributed by atoms with Crippen molar-refractivity contribution in [2.75, 3.05) is 26.7 Å². The van der Waals surface area contributed by atoms with Crippen molar-refractivity contribution in [3.05, 3.63) is 16.1 Å². The standard InChI is InChI=1S/C13H23N5OS.HI/c1-5-14-12(19)7-16-13(15-6-2)18(4)8-11-9-20-10(3)17-11;/h9H,5-8H2,1-4H3,(H,14,19)(H,15,16);1H. The molecule has 8 heteroatoms. The number of aryl methyl sites for hydroxylation is 1. The zero-order chi connectivity index (χ0) is 15.0. The highest BCUT2D eigenvalue weighted by atomic mass is 127. The average Bonchev–Trinajstić information content (AvgIpc) is 2.80. The third-order valence-corrected chi connectivity index (χ3v) is 3.33. The molecule has 1 heterocycles. The Kier molecular flexibility index (Phi) is 10.3. The minimum atomic E-state index is -0.0687. The topological polar surface area (TPSA) is 69.6 Å². The molecule has 0 aliphatic rings. The molecule has 0 fully saturated rings. The maximum absolute atomic E-state index is 11.5. The molecule has 0 radical (unpaired) electrons. The summed E-state index contributed by atoms with van der Waals surface area (Å²) in [5.41, 5.74) is 1.01. The van der Waals surface area contributed by atoms with Crippen LogP contribution < -0.4 is 10.6 Å². The number of hydrogen-bond donors (Lipinski definition) is 2. The second-order valence-corrected chi connectivity index (χ2v) is 5.40. The summed E-state index contributed by atoms with van der Waals surface area (Å²) in [5, 5.41) is 9.00. The molecular weight excluding hydrogens is 401 g/mol. The zero-order valence-corrected chi connectivity index (χ0v) is 16.1. The molecule has 1 aromatic rings. The lowest BCUT2D eigenvalue weighted by atomic mass is 10.4. The number of aromatic nitrogens is 1. The molecule has 0 atom stereocenters. The van der Waals surface area contributed by atoms with Gasteiger partial charge in [-0.3, -0.25) is 4.79 Å². The van der Waals surface area contributed by atoms with Gasteiger partial charge in [0.1, 0.15) is 6.54 Å². The first-order chi connectivity index (χ1) is 9.56. The first-order valence-electron chi connectivity index (χ1n) is 6.74. The largest absolute Gasteiger partial charge is 0.357 e. The zero-order valence-electron chi connectivity index (χ0n) is 13.0. The first-order valence-corrected chi connectivity index (χ1v) is 7.61. The summed E-state index contributed by atoms with van der Waals surface area (Å²) in [5.74, 6) is 0.644. The Balaban J connectivity index is 0.00000400. The van der Waals surface area contributed by atoms with Crippen LogP contribution in [0.4, 0.5) is 0 Å². The van der Waals surface area contributed by atoms with E-state index in [1.54, 1.807) is 11.3 Å². The van der Waals surface area contributed by atoms with Crippen LogP contribution in [-0.2, 0) is 11.3 Å². The van der Waals surface area contributed by atoms with Gasteiger partial charge in [0.2, 0.25) is 5.91 Å². The molecule has 1 rings (SSSR count). The van der Waals surface area contributed by atoms with Gasteiger partial charge >= 0.3 is 0 Å². The van der Waals surface area contributed by atoms with Gasteiger partial charge in [-0.05, 0) is 20.8 Å². The highest BCUT2D eigenvalue weighted by Crippen LogP contribution is 2.09. The van der Waals surface area contributed by atoms with Crippen molar-refractivity contribution in [1.82, 2.24) is 20.5 Å². The first kappa shape index (κ1) is 20.1. The minimum Gasteiger partial charge on any atom is -0.357 e. The summed E-state index contributed by atoms with van der Waals surface area (Å²) in [6.07, 6.45) is 0. The van der Waals surface area contributed by atoms with Crippen molar-refractivity contribution in [3.63, 3.8) is 0 Å². The summed E-state index contributed by atoms with van der Waals surface area (Å²) < 4.78 is 0. The van der Waals surface area contributed by atoms with E-state index in [2.05, 4.69) is 20.6 Å². The number of likely N-dealkylation sites (N-methyl/N-ethyl adjacent to an activating group) is 1. The van der Waals surface area contributed by atoms with Gasteiger partial charge < -0.3 is 15.5 Å². The molecule has 2 N–H and O–H groups in total. The number of nitrogens with zero attached hydrogens (tertiary/aromatic N) is 3. The van der Waals surface area contributed by atoms with Crippen LogP contribution in [0.1, 0.15) is 24.5 Å². The quantitative estimate of drug-likeness (QED) is 0.413. The third-order valence-electron chi connectivity index (χ3n) is 2.51. The molecule has 120 valence electrons. The van der Waals surface area contributed by atoms with Crippen molar-refractivity contribution in [1.29, 1.82) is 0 Å². The van der Waals surface area contributed by atoms with E-state index in [0.29, 0.717) is 19.0 Å². The summed E-state index contributed by atoms with van der Waals surface area (Å²) in [4.78, 5) is 22.2. The van der Waals surface area contributed by atoms with E-state index in [4.69, 9.17) is 0 Å². The van der Waals surface area contributed by atoms with Crippen LogP contribution in [0.3, 0.4) is 0 Å². The van der Waals surface area contributed by atoms with Gasteiger partial charge in [0.05, 0.1) is 17.2 Å². The van der Waals surface area contributed by atoms with E-state index in [-0.39, 0.29) is 36.4 Å². The van der Waals surface area contributed by atoms with Crippen LogP contribution in [0.5, 0.6) is 0 Å². The van der Waals surface area contributed by atoms with Crippen LogP contribution >= 0.6 is 35.3 Å². The van der Waals surface area contributed by atoms with Crippen molar-refractivity contribution < 1.29 is 4.79 Å². The highest BCUT2D eigenvalue weighted by molar-refractivity contribution is 14.0. The highest BCUT2D eigenvalue weighted by Gasteiger charge is 2.09. The van der Waals surface area contributed by atoms with Gasteiger partial charge in [0.25, 0.3) is 0 Å². The smallest absolute Gasteiger partial charge is 0.241 e. The van der Waals surface area contributed by atoms with Crippen molar-refractivity contribution in [2.24, 2.45) is 4.99 Å². The number of hydrogen-bond acceptors (Lipinski definition) is 4. The van der Waals surface area contributed by atoms with Crippen LogP contribution in [0.2, 0.25) is 0 Å². The van der Waals surface area contributed by atoms with Crippen LogP contribution in [0.25, 0.3) is 0 Å². The number of guanidine groups is 1. The molecule has 1 amide bonds. The lowest BCUT2D eigenvalue weighted by molar-refractivity contribution is -0.119. The van der Waals surface area contributed by atoms with E-state index in [1.165, 1.54) is 0 Å². The molecule has 21 heavy (non-hydrogen) atoms. The summed E-state index contributed by atoms with van der Waals surface area (Å²) >= 11 is 1.63. The fraction of sp³-hybridized carbons (Fsp3) is 0.615. The molecule has 0 saturated carbocycles. The SMILES string of the molecule is CCNC(=O)CN=C(NCC)N(C)Cc1csc(C)n1.I. The van der Waals surface area contributed by atoms with Crippen molar-refractivity contribution >= 4 is 47.2 Å². The minimum absolute atomic E-state index is 0. The maximum atomic E-state index is 11.5. The molecule has 1 aromatic heterocycles. The second-order valence-electron chi connectivity index (χ2n) is 4.34. The lowest BCUT2D eigenvalue weighted by Gasteiger charge is -2.21. The number of rotatable bonds is 6. The summed E-state index contributed by atoms with van der Waals surface area (Å²) in [6, 6.07) is 0. The third kappa shape index (κ3) is 7.60. The van der Waals surface area contributed by atoms with Crippen LogP contribution in [0, 0.1) is 6.92 Å². The number of aliphatic imine (C=N–C) groups is 1. The maximum Gasteiger partial charge on any atom is 0.241 e. The Bertz CT molecular complexity index is 463. The molecule has 0 saturated heterocycles. The Morgan fingerprint density at radius 2 is 2.05 bits per heavy atom. The predicted molar refractivity (Wildman–Crippen MR) is 98.4 cm³/mol. The molecular formula is C13H24IN5OS. The van der Waals surface area contributed by atoms with E-state index in [1.807, 2.05) is 38.1 Å². The fourth-order valence-corrected chi connectivity index (χ4v) is 2.27. The Hall–Kier alpha value is -0.900. The summed E-state index contributed by atoms with van der Waals surface area (Å²) in [7, 11) is 1.94. The van der Waals surface area contributed by atoms with Gasteiger partial charge in [-0.1, -0.05) is 0 Å². The second kappa shape index (κ2) is 10.8. The Labute approximate surface area is 147 Å². The number of thiazole rings is 1. The molecule has 0 unspecified atom stereocenters. The van der Waals surface area contributed by atoms with E-state index in [0.717, 1.165) is 17.2 Å². The van der Waals surface area contributed by atoms with Gasteiger partial charge in [0.15, 0.2) is 5.96 Å². The average molecular weight is 425 g/mol. The normalized spacial score (nSPS) is 10.8. The van der Waals surface area contributed by atoms with Gasteiger partial charge in [-0.25, -0.2) is 9.98 Å². The van der Waals surface area contributed by atoms with Gasteiger partial charge in [-0.2, -0.15) is 0 Å². The summed E-state index contributed by atoms with van der Waals surface area (Å²) in [6.45, 7) is 8.07. The number of carbonyl (C=O) groups excluding carboxylic acids is 1. The van der Waals surface area contributed by atoms with Gasteiger partial charge in [-0.15, -0.1) is 35.3 Å². The molecule has 0 bridgehead atoms. The van der Waals surface area contributed by atoms with Crippen LogP contribution in [0.15, 0.2) is 10.4 Å². The monoisotopic (exact) mass is 425 g/mol. The molecule has 0 aliphatic heterocycles. The lowest BCUT2D eigenvalue weighted by Crippen LogP contribution is -2.39. The van der Waals surface area contributed by atoms with Crippen molar-refractivity contribution in [3.8, 4) is 0 Å². The molecule has 0 aliphatic carbocycles. The predicted octanol–water partition coefficient (Wildman–Crippen LogP) is 1.60. The molecule has 0 spiro atoms. The Morgan fingerprint density at radius 1 is 1.38 bits per heavy atom. The van der Waals surface area contributed by atoms with Crippen molar-refractivity contribution in [2.45, 2.75) is 27.3 Å². The number of carbonyl (C=O) groups is 1. The van der Waals surface area contributed by atoms with E-state index >= 15 is 0 Å². The van der Waals surface area contributed by atoms with Crippen LogP contribution in [-0.4, -0.2) is 48.4 Å². The van der Waals surface area contributed by atoms with E-state index in [9.17, 15) is 4.79 Å².